The van der Waals surface area contributed by atoms with Gasteiger partial charge in [-0.1, -0.05) is 19.9 Å². The molecule has 0 aliphatic heterocycles. The van der Waals surface area contributed by atoms with Crippen LogP contribution in [0.3, 0.4) is 0 Å². The Bertz CT molecular complexity index is 421. The molecule has 0 saturated heterocycles. The summed E-state index contributed by atoms with van der Waals surface area (Å²) in [5.41, 5.74) is 6.68. The van der Waals surface area contributed by atoms with Crippen molar-refractivity contribution in [2.45, 2.75) is 20.8 Å². The van der Waals surface area contributed by atoms with Crippen molar-refractivity contribution in [3.05, 3.63) is 35.1 Å². The molecule has 0 fully saturated rings. The molecule has 0 atom stereocenters. The van der Waals surface area contributed by atoms with E-state index in [0.29, 0.717) is 5.92 Å². The zero-order valence-electron chi connectivity index (χ0n) is 9.04. The zero-order chi connectivity index (χ0) is 10.6. The largest absolute Gasteiger partial charge is 0.405 e. The fraction of sp³-hybridized carbons (Fsp3) is 0.333. The second-order valence-electron chi connectivity index (χ2n) is 3.57. The number of rotatable bonds is 2. The fourth-order valence-corrected chi connectivity index (χ4v) is 1.54. The minimum absolute atomic E-state index is 0.465. The molecule has 0 unspecified atom stereocenters. The molecule has 0 saturated carbocycles. The third-order valence-electron chi connectivity index (χ3n) is 2.28. The lowest BCUT2D eigenvalue weighted by atomic mass is 10.0. The van der Waals surface area contributed by atoms with E-state index in [0.717, 1.165) is 0 Å². The van der Waals surface area contributed by atoms with Crippen LogP contribution in [0.5, 0.6) is 0 Å². The Morgan fingerprint density at radius 1 is 1.50 bits per heavy atom. The van der Waals surface area contributed by atoms with Crippen LogP contribution in [0, 0.1) is 5.92 Å². The SMILES string of the molecule is C/C=c1/cc[nH]/c1=C(/C=C\N)C(C)C. The number of hydrogen-bond acceptors (Lipinski definition) is 1. The summed E-state index contributed by atoms with van der Waals surface area (Å²) in [4.78, 5) is 3.25. The molecule has 0 spiro atoms. The Kier molecular flexibility index (Phi) is 3.57. The van der Waals surface area contributed by atoms with Gasteiger partial charge in [-0.05, 0) is 42.0 Å². The summed E-state index contributed by atoms with van der Waals surface area (Å²) < 4.78 is 0. The number of aromatic nitrogens is 1. The number of H-pyrrole nitrogens is 1. The van der Waals surface area contributed by atoms with Crippen molar-refractivity contribution in [3.63, 3.8) is 0 Å². The van der Waals surface area contributed by atoms with Gasteiger partial charge in [-0.25, -0.2) is 0 Å². The zero-order valence-corrected chi connectivity index (χ0v) is 9.04. The molecule has 2 heteroatoms. The van der Waals surface area contributed by atoms with Crippen molar-refractivity contribution in [2.75, 3.05) is 0 Å². The van der Waals surface area contributed by atoms with Crippen LogP contribution in [0.15, 0.2) is 24.5 Å². The summed E-state index contributed by atoms with van der Waals surface area (Å²) in [5.74, 6) is 0.465. The number of aromatic amines is 1. The lowest BCUT2D eigenvalue weighted by Gasteiger charge is -2.04. The lowest BCUT2D eigenvalue weighted by molar-refractivity contribution is 0.850. The van der Waals surface area contributed by atoms with E-state index in [9.17, 15) is 0 Å². The highest BCUT2D eigenvalue weighted by atomic mass is 14.7. The van der Waals surface area contributed by atoms with Gasteiger partial charge in [0.25, 0.3) is 0 Å². The number of hydrogen-bond donors (Lipinski definition) is 2. The van der Waals surface area contributed by atoms with Crippen LogP contribution in [0.25, 0.3) is 11.6 Å². The van der Waals surface area contributed by atoms with Gasteiger partial charge in [-0.3, -0.25) is 0 Å². The minimum atomic E-state index is 0.465. The van der Waals surface area contributed by atoms with E-state index in [4.69, 9.17) is 5.73 Å². The summed E-state index contributed by atoms with van der Waals surface area (Å²) in [6.07, 6.45) is 7.61. The molecule has 0 amide bonds. The number of allylic oxidation sites excluding steroid dienone is 1. The van der Waals surface area contributed by atoms with E-state index in [-0.39, 0.29) is 0 Å². The van der Waals surface area contributed by atoms with Crippen molar-refractivity contribution >= 4 is 11.6 Å². The molecular formula is C12H18N2. The highest BCUT2D eigenvalue weighted by Crippen LogP contribution is 2.08. The smallest absolute Gasteiger partial charge is 0.0486 e. The van der Waals surface area contributed by atoms with Gasteiger partial charge in [0.2, 0.25) is 0 Å². The molecule has 0 aliphatic carbocycles. The summed E-state index contributed by atoms with van der Waals surface area (Å²) in [6.45, 7) is 6.36. The Balaban J connectivity index is 3.52. The van der Waals surface area contributed by atoms with E-state index in [2.05, 4.69) is 31.0 Å². The van der Waals surface area contributed by atoms with Crippen LogP contribution in [-0.2, 0) is 0 Å². The van der Waals surface area contributed by atoms with Gasteiger partial charge in [-0.15, -0.1) is 0 Å². The van der Waals surface area contributed by atoms with E-state index in [1.807, 2.05) is 19.2 Å². The molecule has 0 radical (unpaired) electrons. The first-order valence-electron chi connectivity index (χ1n) is 4.93. The standard InChI is InChI=1S/C12H18N2/c1-4-10-6-8-14-12(10)11(5-7-13)9(2)3/h4-9,14H,13H2,1-3H3/b7-5-,10-4-,12-11-. The summed E-state index contributed by atoms with van der Waals surface area (Å²) >= 11 is 0. The summed E-state index contributed by atoms with van der Waals surface area (Å²) in [7, 11) is 0. The van der Waals surface area contributed by atoms with Gasteiger partial charge >= 0.3 is 0 Å². The fourth-order valence-electron chi connectivity index (χ4n) is 1.54. The Labute approximate surface area is 84.8 Å². The van der Waals surface area contributed by atoms with Crippen LogP contribution in [0.1, 0.15) is 20.8 Å². The van der Waals surface area contributed by atoms with E-state index in [1.54, 1.807) is 6.20 Å². The van der Waals surface area contributed by atoms with Gasteiger partial charge in [-0.2, -0.15) is 0 Å². The van der Waals surface area contributed by atoms with E-state index < -0.39 is 0 Å². The van der Waals surface area contributed by atoms with Crippen molar-refractivity contribution in [1.29, 1.82) is 0 Å². The van der Waals surface area contributed by atoms with Gasteiger partial charge in [0.1, 0.15) is 0 Å². The molecule has 0 aliphatic rings. The highest BCUT2D eigenvalue weighted by Gasteiger charge is 2.01. The molecule has 0 bridgehead atoms. The molecule has 14 heavy (non-hydrogen) atoms. The molecule has 0 aromatic carbocycles. The molecule has 2 nitrogen and oxygen atoms in total. The van der Waals surface area contributed by atoms with Gasteiger partial charge in [0.15, 0.2) is 0 Å². The Morgan fingerprint density at radius 3 is 2.71 bits per heavy atom. The van der Waals surface area contributed by atoms with E-state index in [1.165, 1.54) is 16.1 Å². The normalized spacial score (nSPS) is 15.6. The molecular weight excluding hydrogens is 172 g/mol. The van der Waals surface area contributed by atoms with Crippen molar-refractivity contribution in [2.24, 2.45) is 11.7 Å². The van der Waals surface area contributed by atoms with Crippen LogP contribution in [0.2, 0.25) is 0 Å². The van der Waals surface area contributed by atoms with Crippen molar-refractivity contribution < 1.29 is 0 Å². The second kappa shape index (κ2) is 4.70. The maximum atomic E-state index is 5.44. The molecule has 1 aromatic heterocycles. The summed E-state index contributed by atoms with van der Waals surface area (Å²) in [5, 5.41) is 2.40. The van der Waals surface area contributed by atoms with Crippen molar-refractivity contribution in [1.82, 2.24) is 4.98 Å². The van der Waals surface area contributed by atoms with Gasteiger partial charge in [0, 0.05) is 11.5 Å². The maximum Gasteiger partial charge on any atom is 0.0486 e. The van der Waals surface area contributed by atoms with Crippen LogP contribution < -0.4 is 16.3 Å². The topological polar surface area (TPSA) is 41.8 Å². The van der Waals surface area contributed by atoms with Crippen LogP contribution in [-0.4, -0.2) is 4.98 Å². The first-order chi connectivity index (χ1) is 6.70. The second-order valence-corrected chi connectivity index (χ2v) is 3.57. The van der Waals surface area contributed by atoms with Crippen LogP contribution >= 0.6 is 0 Å². The average Bonchev–Trinajstić information content (AvgIpc) is 2.61. The van der Waals surface area contributed by atoms with Gasteiger partial charge in [0.05, 0.1) is 0 Å². The molecule has 1 aromatic rings. The van der Waals surface area contributed by atoms with Crippen molar-refractivity contribution in [3.8, 4) is 0 Å². The molecule has 1 rings (SSSR count). The maximum absolute atomic E-state index is 5.44. The van der Waals surface area contributed by atoms with Gasteiger partial charge < -0.3 is 10.7 Å². The number of nitrogens with two attached hydrogens (primary N) is 1. The van der Waals surface area contributed by atoms with Crippen LogP contribution in [0.4, 0.5) is 0 Å². The molecule has 76 valence electrons. The predicted octanol–water partition coefficient (Wildman–Crippen LogP) is 1.09. The Hall–Kier alpha value is -1.44. The third kappa shape index (κ3) is 2.08. The monoisotopic (exact) mass is 190 g/mol. The first kappa shape index (κ1) is 10.6. The summed E-state index contributed by atoms with van der Waals surface area (Å²) in [6, 6.07) is 2.07. The molecule has 1 heterocycles. The average molecular weight is 190 g/mol. The third-order valence-corrected chi connectivity index (χ3v) is 2.28. The lowest BCUT2D eigenvalue weighted by Crippen LogP contribution is -2.26. The number of nitrogens with one attached hydrogen (secondary N) is 1. The Morgan fingerprint density at radius 2 is 2.21 bits per heavy atom. The minimum Gasteiger partial charge on any atom is -0.405 e. The highest BCUT2D eigenvalue weighted by molar-refractivity contribution is 5.57. The quantitative estimate of drug-likeness (QED) is 0.720. The first-order valence-corrected chi connectivity index (χ1v) is 4.93. The molecule has 3 N–H and O–H groups in total. The predicted molar refractivity (Wildman–Crippen MR) is 61.8 cm³/mol. The van der Waals surface area contributed by atoms with E-state index >= 15 is 0 Å².